The Kier molecular flexibility index (Phi) is 4.73. The average Bonchev–Trinajstić information content (AvgIpc) is 2.75. The summed E-state index contributed by atoms with van der Waals surface area (Å²) in [5.41, 5.74) is 0.649. The third-order valence-electron chi connectivity index (χ3n) is 2.68. The Morgan fingerprint density at radius 2 is 1.95 bits per heavy atom. The number of aryl methyl sites for hydroxylation is 1. The zero-order valence-corrected chi connectivity index (χ0v) is 13.5. The summed E-state index contributed by atoms with van der Waals surface area (Å²) in [6.45, 7) is 2.56. The molecule has 0 aliphatic rings. The molecule has 0 bridgehead atoms. The van der Waals surface area contributed by atoms with Crippen molar-refractivity contribution in [2.24, 2.45) is 0 Å². The van der Waals surface area contributed by atoms with Crippen LogP contribution in [0, 0.1) is 5.82 Å². The van der Waals surface area contributed by atoms with Crippen molar-refractivity contribution in [1.82, 2.24) is 4.57 Å². The van der Waals surface area contributed by atoms with Crippen LogP contribution in [-0.2, 0) is 6.54 Å². The largest absolute Gasteiger partial charge is 0.343 e. The van der Waals surface area contributed by atoms with Gasteiger partial charge in [0.25, 0.3) is 5.91 Å². The molecule has 1 aromatic carbocycles. The molecule has 0 saturated carbocycles. The van der Waals surface area contributed by atoms with Gasteiger partial charge in [-0.2, -0.15) is 0 Å². The molecular formula is C13H10BrCl2FN2O. The molecule has 7 heteroatoms. The maximum Gasteiger partial charge on any atom is 0.272 e. The highest BCUT2D eigenvalue weighted by Crippen LogP contribution is 2.32. The predicted octanol–water partition coefficient (Wildman–Crippen LogP) is 4.97. The maximum atomic E-state index is 13.1. The van der Waals surface area contributed by atoms with Gasteiger partial charge in [-0.15, -0.1) is 0 Å². The number of carbonyl (C=O) groups excluding carboxylic acids is 1. The monoisotopic (exact) mass is 378 g/mol. The standard InChI is InChI=1S/C13H10BrCl2FN2O/c1-2-19-6-7(14)3-11(19)13(20)18-12-9(15)4-8(17)5-10(12)16/h3-6H,2H2,1H3,(H,18,20). The van der Waals surface area contributed by atoms with Gasteiger partial charge < -0.3 is 9.88 Å². The van der Waals surface area contributed by atoms with Crippen LogP contribution in [0.25, 0.3) is 0 Å². The average molecular weight is 380 g/mol. The second-order valence-electron chi connectivity index (χ2n) is 4.03. The van der Waals surface area contributed by atoms with E-state index in [1.165, 1.54) is 0 Å². The number of rotatable bonds is 3. The topological polar surface area (TPSA) is 34.0 Å². The molecule has 1 aromatic heterocycles. The highest BCUT2D eigenvalue weighted by molar-refractivity contribution is 9.10. The van der Waals surface area contributed by atoms with Crippen LogP contribution in [-0.4, -0.2) is 10.5 Å². The number of benzene rings is 1. The highest BCUT2D eigenvalue weighted by Gasteiger charge is 2.16. The molecule has 1 heterocycles. The van der Waals surface area contributed by atoms with E-state index in [4.69, 9.17) is 23.2 Å². The second-order valence-corrected chi connectivity index (χ2v) is 5.76. The molecule has 2 rings (SSSR count). The van der Waals surface area contributed by atoms with Gasteiger partial charge in [-0.3, -0.25) is 4.79 Å². The van der Waals surface area contributed by atoms with Gasteiger partial charge in [0.2, 0.25) is 0 Å². The van der Waals surface area contributed by atoms with Gasteiger partial charge in [-0.25, -0.2) is 4.39 Å². The minimum atomic E-state index is -0.558. The van der Waals surface area contributed by atoms with Crippen molar-refractivity contribution in [2.45, 2.75) is 13.5 Å². The van der Waals surface area contributed by atoms with Crippen molar-refractivity contribution in [3.05, 3.63) is 50.4 Å². The van der Waals surface area contributed by atoms with Crippen LogP contribution < -0.4 is 5.32 Å². The van der Waals surface area contributed by atoms with Crippen LogP contribution >= 0.6 is 39.1 Å². The minimum absolute atomic E-state index is 0.0528. The molecular weight excluding hydrogens is 370 g/mol. The number of anilines is 1. The summed E-state index contributed by atoms with van der Waals surface area (Å²) in [4.78, 5) is 12.2. The van der Waals surface area contributed by atoms with Gasteiger partial charge >= 0.3 is 0 Å². The fourth-order valence-electron chi connectivity index (χ4n) is 1.77. The number of nitrogens with one attached hydrogen (secondary N) is 1. The Morgan fingerprint density at radius 3 is 2.50 bits per heavy atom. The summed E-state index contributed by atoms with van der Waals surface area (Å²) in [6, 6.07) is 3.87. The van der Waals surface area contributed by atoms with E-state index < -0.39 is 5.82 Å². The lowest BCUT2D eigenvalue weighted by Crippen LogP contribution is -2.17. The summed E-state index contributed by atoms with van der Waals surface area (Å²) in [6.07, 6.45) is 1.79. The third-order valence-corrected chi connectivity index (χ3v) is 3.71. The predicted molar refractivity (Wildman–Crippen MR) is 82.2 cm³/mol. The molecule has 0 aliphatic heterocycles. The third kappa shape index (κ3) is 3.16. The van der Waals surface area contributed by atoms with E-state index in [1.54, 1.807) is 16.8 Å². The van der Waals surface area contributed by atoms with Gasteiger partial charge in [0.15, 0.2) is 0 Å². The SMILES string of the molecule is CCn1cc(Br)cc1C(=O)Nc1c(Cl)cc(F)cc1Cl. The van der Waals surface area contributed by atoms with Crippen molar-refractivity contribution in [1.29, 1.82) is 0 Å². The first-order valence-corrected chi connectivity index (χ1v) is 7.28. The Hall–Kier alpha value is -1.04. The van der Waals surface area contributed by atoms with E-state index in [9.17, 15) is 9.18 Å². The van der Waals surface area contributed by atoms with Crippen LogP contribution in [0.2, 0.25) is 10.0 Å². The molecule has 1 amide bonds. The van der Waals surface area contributed by atoms with Crippen LogP contribution in [0.1, 0.15) is 17.4 Å². The van der Waals surface area contributed by atoms with Crippen LogP contribution in [0.5, 0.6) is 0 Å². The van der Waals surface area contributed by atoms with E-state index in [0.29, 0.717) is 12.2 Å². The molecule has 0 saturated heterocycles. The lowest BCUT2D eigenvalue weighted by Gasteiger charge is -2.10. The number of hydrogen-bond donors (Lipinski definition) is 1. The second kappa shape index (κ2) is 6.16. The number of amides is 1. The number of carbonyl (C=O) groups is 1. The molecule has 3 nitrogen and oxygen atoms in total. The molecule has 0 aliphatic carbocycles. The maximum absolute atomic E-state index is 13.1. The smallest absolute Gasteiger partial charge is 0.272 e. The van der Waals surface area contributed by atoms with Crippen LogP contribution in [0.3, 0.4) is 0 Å². The van der Waals surface area contributed by atoms with E-state index >= 15 is 0 Å². The van der Waals surface area contributed by atoms with Gasteiger partial charge in [0.1, 0.15) is 11.5 Å². The summed E-state index contributed by atoms with van der Waals surface area (Å²) < 4.78 is 15.7. The molecule has 0 spiro atoms. The highest BCUT2D eigenvalue weighted by atomic mass is 79.9. The molecule has 0 atom stereocenters. The lowest BCUT2D eigenvalue weighted by molar-refractivity contribution is 0.101. The lowest BCUT2D eigenvalue weighted by atomic mass is 10.3. The molecule has 2 aromatic rings. The first-order valence-electron chi connectivity index (χ1n) is 5.74. The number of halogens is 4. The van der Waals surface area contributed by atoms with Crippen molar-refractivity contribution in [3.8, 4) is 0 Å². The molecule has 20 heavy (non-hydrogen) atoms. The summed E-state index contributed by atoms with van der Waals surface area (Å²) >= 11 is 15.1. The number of nitrogens with zero attached hydrogens (tertiary/aromatic N) is 1. The van der Waals surface area contributed by atoms with Gasteiger partial charge in [-0.05, 0) is 41.1 Å². The Bertz CT molecular complexity index is 649. The van der Waals surface area contributed by atoms with Gasteiger partial charge in [0.05, 0.1) is 15.7 Å². The van der Waals surface area contributed by atoms with Crippen molar-refractivity contribution < 1.29 is 9.18 Å². The number of aromatic nitrogens is 1. The summed E-state index contributed by atoms with van der Waals surface area (Å²) in [7, 11) is 0. The first kappa shape index (κ1) is 15.4. The van der Waals surface area contributed by atoms with E-state index in [2.05, 4.69) is 21.2 Å². The minimum Gasteiger partial charge on any atom is -0.343 e. The quantitative estimate of drug-likeness (QED) is 0.802. The van der Waals surface area contributed by atoms with E-state index in [1.807, 2.05) is 6.92 Å². The molecule has 0 unspecified atom stereocenters. The van der Waals surface area contributed by atoms with Crippen molar-refractivity contribution >= 4 is 50.7 Å². The van der Waals surface area contributed by atoms with Crippen LogP contribution in [0.4, 0.5) is 10.1 Å². The Balaban J connectivity index is 2.32. The van der Waals surface area contributed by atoms with Gasteiger partial charge in [-0.1, -0.05) is 23.2 Å². The molecule has 1 N–H and O–H groups in total. The zero-order valence-electron chi connectivity index (χ0n) is 10.4. The summed E-state index contributed by atoms with van der Waals surface area (Å²) in [5, 5.41) is 2.70. The number of hydrogen-bond acceptors (Lipinski definition) is 1. The molecule has 106 valence electrons. The van der Waals surface area contributed by atoms with E-state index in [0.717, 1.165) is 16.6 Å². The van der Waals surface area contributed by atoms with Gasteiger partial charge in [0, 0.05) is 17.2 Å². The zero-order chi connectivity index (χ0) is 14.9. The van der Waals surface area contributed by atoms with Crippen LogP contribution in [0.15, 0.2) is 28.9 Å². The normalized spacial score (nSPS) is 10.7. The Morgan fingerprint density at radius 1 is 1.35 bits per heavy atom. The molecule has 0 radical (unpaired) electrons. The fraction of sp³-hybridized carbons (Fsp3) is 0.154. The summed E-state index contributed by atoms with van der Waals surface area (Å²) in [5.74, 6) is -0.925. The molecule has 0 fully saturated rings. The van der Waals surface area contributed by atoms with Crippen molar-refractivity contribution in [3.63, 3.8) is 0 Å². The van der Waals surface area contributed by atoms with Crippen molar-refractivity contribution in [2.75, 3.05) is 5.32 Å². The van der Waals surface area contributed by atoms with E-state index in [-0.39, 0.29) is 21.6 Å². The fourth-order valence-corrected chi connectivity index (χ4v) is 2.78. The Labute approximate surface area is 133 Å². The first-order chi connectivity index (χ1) is 9.42.